The van der Waals surface area contributed by atoms with Gasteiger partial charge in [-0.25, -0.2) is 0 Å². The van der Waals surface area contributed by atoms with E-state index in [1.54, 1.807) is 0 Å². The molecule has 0 saturated carbocycles. The van der Waals surface area contributed by atoms with E-state index in [4.69, 9.17) is 11.5 Å². The van der Waals surface area contributed by atoms with Crippen molar-refractivity contribution in [3.63, 3.8) is 0 Å². The molecule has 0 unspecified atom stereocenters. The van der Waals surface area contributed by atoms with Crippen molar-refractivity contribution in [3.05, 3.63) is 47.5 Å². The minimum absolute atomic E-state index is 0.0756. The van der Waals surface area contributed by atoms with Crippen molar-refractivity contribution in [2.45, 2.75) is 35.9 Å². The lowest BCUT2D eigenvalue weighted by atomic mass is 9.79. The maximum absolute atomic E-state index is 13.7. The maximum Gasteiger partial charge on any atom is 0.430 e. The van der Waals surface area contributed by atoms with E-state index in [0.717, 1.165) is 18.2 Å². The first-order valence-corrected chi connectivity index (χ1v) is 9.28. The first kappa shape index (κ1) is 27.4. The summed E-state index contributed by atoms with van der Waals surface area (Å²) in [6.45, 7) is 0. The Morgan fingerprint density at radius 2 is 0.944 bits per heavy atom. The van der Waals surface area contributed by atoms with Crippen LogP contribution in [0.5, 0.6) is 0 Å². The van der Waals surface area contributed by atoms with Crippen LogP contribution in [0.15, 0.2) is 36.4 Å². The van der Waals surface area contributed by atoms with Gasteiger partial charge in [-0.2, -0.15) is 52.7 Å². The predicted octanol–water partition coefficient (Wildman–Crippen LogP) is 5.78. The Bertz CT molecular complexity index is 1310. The van der Waals surface area contributed by atoms with Gasteiger partial charge in [-0.15, -0.1) is 0 Å². The van der Waals surface area contributed by atoms with Gasteiger partial charge >= 0.3 is 24.7 Å². The first-order chi connectivity index (χ1) is 16.0. The number of halogens is 12. The molecule has 0 bridgehead atoms. The molecule has 0 aliphatic rings. The van der Waals surface area contributed by atoms with Gasteiger partial charge in [0.2, 0.25) is 0 Å². The molecule has 0 amide bonds. The third-order valence-corrected chi connectivity index (χ3v) is 5.63. The summed E-state index contributed by atoms with van der Waals surface area (Å²) >= 11 is 0. The molecule has 3 rings (SSSR count). The van der Waals surface area contributed by atoms with Crippen molar-refractivity contribution in [2.75, 3.05) is 11.5 Å². The van der Waals surface area contributed by atoms with Crippen molar-refractivity contribution >= 4 is 32.9 Å². The number of alkyl halides is 12. The Labute approximate surface area is 191 Å². The smallest absolute Gasteiger partial charge is 0.398 e. The molecule has 0 fully saturated rings. The predicted molar refractivity (Wildman–Crippen MR) is 102 cm³/mol. The fourth-order valence-electron chi connectivity index (χ4n) is 3.98. The summed E-state index contributed by atoms with van der Waals surface area (Å²) in [6.07, 6.45) is -26.4. The zero-order valence-corrected chi connectivity index (χ0v) is 17.0. The Morgan fingerprint density at radius 3 is 1.36 bits per heavy atom. The third-order valence-electron chi connectivity index (χ3n) is 5.63. The lowest BCUT2D eigenvalue weighted by Gasteiger charge is -2.37. The summed E-state index contributed by atoms with van der Waals surface area (Å²) in [5, 5.41) is 15.4. The van der Waals surface area contributed by atoms with E-state index in [9.17, 15) is 62.9 Å². The lowest BCUT2D eigenvalue weighted by Crippen LogP contribution is -2.55. The number of benzene rings is 3. The van der Waals surface area contributed by atoms with Crippen molar-refractivity contribution in [2.24, 2.45) is 0 Å². The molecule has 0 aliphatic heterocycles. The summed E-state index contributed by atoms with van der Waals surface area (Å²) in [7, 11) is 0. The molecular weight excluding hydrogens is 528 g/mol. The molecular formula is C20H12F12N2O2. The maximum atomic E-state index is 13.7. The summed E-state index contributed by atoms with van der Waals surface area (Å²) in [4.78, 5) is 0. The zero-order valence-electron chi connectivity index (χ0n) is 17.0. The van der Waals surface area contributed by atoms with Crippen LogP contribution in [0.1, 0.15) is 11.1 Å². The molecule has 0 atom stereocenters. The molecule has 16 heteroatoms. The molecule has 0 saturated heterocycles. The molecule has 0 aliphatic carbocycles. The average Bonchev–Trinajstić information content (AvgIpc) is 2.70. The van der Waals surface area contributed by atoms with Crippen LogP contribution in [0.2, 0.25) is 0 Å². The average molecular weight is 540 g/mol. The standard InChI is InChI=1S/C20H12F12N2O2/c21-17(22,23)15(35,18(24,25)26)9-5-6-10(33)11-7-3-1-2-4-8(7)13(14(34)12(9)11)16(36,19(27,28)29)20(30,31)32/h1-6,35-36H,33-34H2. The van der Waals surface area contributed by atoms with Crippen molar-refractivity contribution < 1.29 is 62.9 Å². The van der Waals surface area contributed by atoms with Crippen LogP contribution in [-0.4, -0.2) is 34.9 Å². The second kappa shape index (κ2) is 7.68. The second-order valence-electron chi connectivity index (χ2n) is 7.70. The van der Waals surface area contributed by atoms with Gasteiger partial charge in [0.05, 0.1) is 0 Å². The Morgan fingerprint density at radius 1 is 0.528 bits per heavy atom. The van der Waals surface area contributed by atoms with Gasteiger partial charge in [-0.05, 0) is 16.8 Å². The number of nitrogen functional groups attached to an aromatic ring is 2. The van der Waals surface area contributed by atoms with E-state index >= 15 is 0 Å². The first-order valence-electron chi connectivity index (χ1n) is 9.28. The highest BCUT2D eigenvalue weighted by molar-refractivity contribution is 6.20. The summed E-state index contributed by atoms with van der Waals surface area (Å²) in [6, 6.07) is 3.54. The van der Waals surface area contributed by atoms with Gasteiger partial charge in [-0.1, -0.05) is 30.3 Å². The Kier molecular flexibility index (Phi) is 5.85. The minimum atomic E-state index is -6.61. The van der Waals surface area contributed by atoms with Crippen LogP contribution in [0, 0.1) is 0 Å². The fraction of sp³-hybridized carbons (Fsp3) is 0.300. The van der Waals surface area contributed by atoms with Gasteiger partial charge in [0.1, 0.15) is 0 Å². The number of fused-ring (bicyclic) bond motifs is 3. The lowest BCUT2D eigenvalue weighted by molar-refractivity contribution is -0.376. The SMILES string of the molecule is Nc1c(C(O)(C(F)(F)F)C(F)(F)F)c2ccccc2c2c(N)ccc(C(O)(C(F)(F)F)C(F)(F)F)c12. The molecule has 0 aromatic heterocycles. The zero-order chi connectivity index (χ0) is 27.9. The van der Waals surface area contributed by atoms with Crippen molar-refractivity contribution in [3.8, 4) is 0 Å². The molecule has 0 heterocycles. The molecule has 36 heavy (non-hydrogen) atoms. The van der Waals surface area contributed by atoms with Crippen molar-refractivity contribution in [1.82, 2.24) is 0 Å². The Balaban J connectivity index is 2.79. The molecule has 198 valence electrons. The Hall–Kier alpha value is -3.14. The largest absolute Gasteiger partial charge is 0.430 e. The molecule has 6 N–H and O–H groups in total. The number of anilines is 2. The van der Waals surface area contributed by atoms with Gasteiger partial charge < -0.3 is 21.7 Å². The van der Waals surface area contributed by atoms with Crippen molar-refractivity contribution in [1.29, 1.82) is 0 Å². The molecule has 0 radical (unpaired) electrons. The van der Waals surface area contributed by atoms with Gasteiger partial charge in [-0.3, -0.25) is 0 Å². The van der Waals surface area contributed by atoms with E-state index in [1.165, 1.54) is 0 Å². The molecule has 3 aromatic carbocycles. The second-order valence-corrected chi connectivity index (χ2v) is 7.70. The number of hydrogen-bond donors (Lipinski definition) is 4. The summed E-state index contributed by atoms with van der Waals surface area (Å²) in [5.41, 5.74) is -7.76. The normalized spacial score (nSPS) is 14.6. The van der Waals surface area contributed by atoms with Crippen LogP contribution in [-0.2, 0) is 11.2 Å². The topological polar surface area (TPSA) is 92.5 Å². The van der Waals surface area contributed by atoms with E-state index in [0.29, 0.717) is 12.1 Å². The van der Waals surface area contributed by atoms with Crippen LogP contribution in [0.25, 0.3) is 21.5 Å². The number of rotatable bonds is 2. The van der Waals surface area contributed by atoms with Crippen LogP contribution in [0.4, 0.5) is 64.1 Å². The molecule has 3 aromatic rings. The third kappa shape index (κ3) is 3.48. The number of hydrogen-bond acceptors (Lipinski definition) is 4. The van der Waals surface area contributed by atoms with E-state index < -0.39 is 80.0 Å². The summed E-state index contributed by atoms with van der Waals surface area (Å²) < 4.78 is 164. The van der Waals surface area contributed by atoms with Crippen LogP contribution in [0.3, 0.4) is 0 Å². The van der Waals surface area contributed by atoms with E-state index in [-0.39, 0.29) is 6.07 Å². The number of aliphatic hydroxyl groups is 2. The van der Waals surface area contributed by atoms with E-state index in [2.05, 4.69) is 0 Å². The molecule has 0 spiro atoms. The van der Waals surface area contributed by atoms with Gasteiger partial charge in [0.25, 0.3) is 11.2 Å². The highest BCUT2D eigenvalue weighted by Gasteiger charge is 2.74. The monoisotopic (exact) mass is 540 g/mol. The minimum Gasteiger partial charge on any atom is -0.398 e. The van der Waals surface area contributed by atoms with Gasteiger partial charge in [0.15, 0.2) is 0 Å². The summed E-state index contributed by atoms with van der Waals surface area (Å²) in [5.74, 6) is 0. The fourth-order valence-corrected chi connectivity index (χ4v) is 3.98. The quantitative estimate of drug-likeness (QED) is 0.188. The molecule has 4 nitrogen and oxygen atoms in total. The van der Waals surface area contributed by atoms with Crippen LogP contribution < -0.4 is 11.5 Å². The number of nitrogens with two attached hydrogens (primary N) is 2. The van der Waals surface area contributed by atoms with Crippen LogP contribution >= 0.6 is 0 Å². The highest BCUT2D eigenvalue weighted by atomic mass is 19.4. The van der Waals surface area contributed by atoms with Gasteiger partial charge in [0, 0.05) is 33.3 Å². The highest BCUT2D eigenvalue weighted by Crippen LogP contribution is 2.58. The van der Waals surface area contributed by atoms with E-state index in [1.807, 2.05) is 0 Å².